The molecular weight excluding hydrogens is 440 g/mol. The molecule has 10 nitrogen and oxygen atoms in total. The molecule has 182 valence electrons. The number of alkyl carbamates (subject to hydrolysis) is 1. The molecule has 0 saturated carbocycles. The van der Waals surface area contributed by atoms with Gasteiger partial charge in [0.1, 0.15) is 12.1 Å². The third-order valence-corrected chi connectivity index (χ3v) is 6.01. The van der Waals surface area contributed by atoms with Crippen LogP contribution in [0.5, 0.6) is 0 Å². The van der Waals surface area contributed by atoms with Crippen LogP contribution in [0.2, 0.25) is 0 Å². The molecule has 0 spiro atoms. The molecule has 1 fully saturated rings. The number of nitrogens with zero attached hydrogens (tertiary/aromatic N) is 3. The third-order valence-electron chi connectivity index (χ3n) is 6.01. The SMILES string of the molecule is CC(=O)OC(C)OC(=O)NC(CCC(=O)N1CCc2ccccc2C1)C(=O)N1CCCC1C#N. The average molecular weight is 471 g/mol. The van der Waals surface area contributed by atoms with Crippen molar-refractivity contribution in [1.82, 2.24) is 15.1 Å². The molecule has 34 heavy (non-hydrogen) atoms. The van der Waals surface area contributed by atoms with Crippen LogP contribution in [0, 0.1) is 11.3 Å². The van der Waals surface area contributed by atoms with Gasteiger partial charge >= 0.3 is 12.1 Å². The molecule has 3 amide bonds. The maximum atomic E-state index is 13.2. The van der Waals surface area contributed by atoms with Gasteiger partial charge in [-0.3, -0.25) is 14.4 Å². The molecule has 2 aliphatic rings. The van der Waals surface area contributed by atoms with Crippen molar-refractivity contribution in [1.29, 1.82) is 5.26 Å². The van der Waals surface area contributed by atoms with Crippen molar-refractivity contribution in [3.8, 4) is 6.07 Å². The van der Waals surface area contributed by atoms with E-state index in [4.69, 9.17) is 9.47 Å². The van der Waals surface area contributed by atoms with Gasteiger partial charge in [-0.15, -0.1) is 0 Å². The van der Waals surface area contributed by atoms with Crippen LogP contribution in [0.25, 0.3) is 0 Å². The van der Waals surface area contributed by atoms with E-state index in [9.17, 15) is 24.4 Å². The number of likely N-dealkylation sites (tertiary alicyclic amines) is 1. The highest BCUT2D eigenvalue weighted by atomic mass is 16.7. The topological polar surface area (TPSA) is 129 Å². The van der Waals surface area contributed by atoms with Crippen LogP contribution >= 0.6 is 0 Å². The largest absolute Gasteiger partial charge is 0.426 e. The molecule has 1 N–H and O–H groups in total. The van der Waals surface area contributed by atoms with Gasteiger partial charge < -0.3 is 24.6 Å². The van der Waals surface area contributed by atoms with E-state index in [-0.39, 0.29) is 18.7 Å². The number of ether oxygens (including phenoxy) is 2. The summed E-state index contributed by atoms with van der Waals surface area (Å²) in [5.41, 5.74) is 2.33. The predicted octanol–water partition coefficient (Wildman–Crippen LogP) is 1.87. The first kappa shape index (κ1) is 25.0. The Labute approximate surface area is 198 Å². The number of amides is 3. The number of fused-ring (bicyclic) bond motifs is 1. The Bertz CT molecular complexity index is 974. The van der Waals surface area contributed by atoms with Gasteiger partial charge in [-0.2, -0.15) is 5.26 Å². The highest BCUT2D eigenvalue weighted by molar-refractivity contribution is 5.87. The van der Waals surface area contributed by atoms with Gasteiger partial charge in [0.05, 0.1) is 6.07 Å². The van der Waals surface area contributed by atoms with Crippen LogP contribution in [-0.4, -0.2) is 65.1 Å². The Morgan fingerprint density at radius 2 is 1.91 bits per heavy atom. The molecule has 2 aliphatic heterocycles. The van der Waals surface area contributed by atoms with Gasteiger partial charge in [-0.1, -0.05) is 24.3 Å². The van der Waals surface area contributed by atoms with E-state index in [1.165, 1.54) is 24.3 Å². The molecule has 1 aromatic rings. The quantitative estimate of drug-likeness (QED) is 0.476. The number of carbonyl (C=O) groups is 4. The average Bonchev–Trinajstić information content (AvgIpc) is 3.29. The van der Waals surface area contributed by atoms with Crippen LogP contribution in [0.3, 0.4) is 0 Å². The lowest BCUT2D eigenvalue weighted by Crippen LogP contribution is -2.51. The summed E-state index contributed by atoms with van der Waals surface area (Å²) in [6.07, 6.45) is 0.0399. The number of benzene rings is 1. The zero-order valence-corrected chi connectivity index (χ0v) is 19.5. The van der Waals surface area contributed by atoms with Gasteiger partial charge in [-0.25, -0.2) is 4.79 Å². The van der Waals surface area contributed by atoms with Crippen molar-refractivity contribution in [3.63, 3.8) is 0 Å². The molecule has 1 aromatic carbocycles. The molecule has 3 rings (SSSR count). The lowest BCUT2D eigenvalue weighted by Gasteiger charge is -2.30. The van der Waals surface area contributed by atoms with E-state index in [1.54, 1.807) is 4.90 Å². The van der Waals surface area contributed by atoms with Crippen molar-refractivity contribution >= 4 is 23.9 Å². The molecule has 3 unspecified atom stereocenters. The summed E-state index contributed by atoms with van der Waals surface area (Å²) in [6, 6.07) is 8.47. The van der Waals surface area contributed by atoms with Crippen LogP contribution in [-0.2, 0) is 36.8 Å². The minimum atomic E-state index is -1.14. The summed E-state index contributed by atoms with van der Waals surface area (Å²) in [7, 11) is 0. The van der Waals surface area contributed by atoms with Crippen molar-refractivity contribution in [3.05, 3.63) is 35.4 Å². The Kier molecular flexibility index (Phi) is 8.46. The first-order valence-corrected chi connectivity index (χ1v) is 11.5. The molecule has 1 saturated heterocycles. The van der Waals surface area contributed by atoms with Crippen LogP contribution < -0.4 is 5.32 Å². The fourth-order valence-electron chi connectivity index (χ4n) is 4.34. The summed E-state index contributed by atoms with van der Waals surface area (Å²) in [6.45, 7) is 4.06. The minimum absolute atomic E-state index is 0.0451. The summed E-state index contributed by atoms with van der Waals surface area (Å²) < 4.78 is 9.78. The van der Waals surface area contributed by atoms with E-state index in [1.807, 2.05) is 18.2 Å². The summed E-state index contributed by atoms with van der Waals surface area (Å²) >= 11 is 0. The van der Waals surface area contributed by atoms with Crippen molar-refractivity contribution in [2.75, 3.05) is 13.1 Å². The number of rotatable bonds is 7. The predicted molar refractivity (Wildman–Crippen MR) is 120 cm³/mol. The Morgan fingerprint density at radius 1 is 1.18 bits per heavy atom. The summed E-state index contributed by atoms with van der Waals surface area (Å²) in [4.78, 5) is 52.6. The maximum Gasteiger partial charge on any atom is 0.410 e. The van der Waals surface area contributed by atoms with E-state index >= 15 is 0 Å². The Balaban J connectivity index is 1.64. The monoisotopic (exact) mass is 470 g/mol. The first-order chi connectivity index (χ1) is 16.3. The van der Waals surface area contributed by atoms with Crippen molar-refractivity contribution in [2.45, 2.75) is 70.9 Å². The van der Waals surface area contributed by atoms with Crippen LogP contribution in [0.1, 0.15) is 50.7 Å². The maximum absolute atomic E-state index is 13.2. The number of nitrogens with one attached hydrogen (secondary N) is 1. The number of hydrogen-bond donors (Lipinski definition) is 1. The molecule has 0 radical (unpaired) electrons. The normalized spacial score (nSPS) is 18.8. The Hall–Kier alpha value is -3.61. The van der Waals surface area contributed by atoms with Gasteiger partial charge in [-0.05, 0) is 36.8 Å². The molecule has 0 aromatic heterocycles. The third kappa shape index (κ3) is 6.47. The van der Waals surface area contributed by atoms with Crippen molar-refractivity contribution in [2.24, 2.45) is 0 Å². The second-order valence-corrected chi connectivity index (χ2v) is 8.47. The molecule has 3 atom stereocenters. The fourth-order valence-corrected chi connectivity index (χ4v) is 4.34. The standard InChI is InChI=1S/C24H30N4O6/c1-16(29)33-17(2)34-24(32)26-21(23(31)28-12-5-8-20(28)14-25)9-10-22(30)27-13-11-18-6-3-4-7-19(18)15-27/h3-4,6-7,17,20-21H,5,8-13,15H2,1-2H3,(H,26,32). The van der Waals surface area contributed by atoms with Gasteiger partial charge in [0.15, 0.2) is 0 Å². The molecular formula is C24H30N4O6. The van der Waals surface area contributed by atoms with Crippen LogP contribution in [0.4, 0.5) is 4.79 Å². The smallest absolute Gasteiger partial charge is 0.410 e. The van der Waals surface area contributed by atoms with E-state index in [0.29, 0.717) is 32.5 Å². The second-order valence-electron chi connectivity index (χ2n) is 8.47. The number of nitriles is 1. The number of carbonyl (C=O) groups excluding carboxylic acids is 4. The highest BCUT2D eigenvalue weighted by Gasteiger charge is 2.35. The minimum Gasteiger partial charge on any atom is -0.426 e. The highest BCUT2D eigenvalue weighted by Crippen LogP contribution is 2.21. The molecule has 0 bridgehead atoms. The Morgan fingerprint density at radius 3 is 2.62 bits per heavy atom. The lowest BCUT2D eigenvalue weighted by molar-refractivity contribution is -0.162. The van der Waals surface area contributed by atoms with Crippen LogP contribution in [0.15, 0.2) is 24.3 Å². The van der Waals surface area contributed by atoms with E-state index in [0.717, 1.165) is 12.0 Å². The number of esters is 1. The number of hydrogen-bond acceptors (Lipinski definition) is 7. The van der Waals surface area contributed by atoms with E-state index < -0.39 is 36.3 Å². The van der Waals surface area contributed by atoms with E-state index in [2.05, 4.69) is 17.5 Å². The van der Waals surface area contributed by atoms with Gasteiger partial charge in [0, 0.05) is 39.9 Å². The summed E-state index contributed by atoms with van der Waals surface area (Å²) in [5, 5.41) is 11.8. The van der Waals surface area contributed by atoms with Gasteiger partial charge in [0.25, 0.3) is 0 Å². The first-order valence-electron chi connectivity index (χ1n) is 11.5. The van der Waals surface area contributed by atoms with Gasteiger partial charge in [0.2, 0.25) is 18.1 Å². The van der Waals surface area contributed by atoms with Crippen molar-refractivity contribution < 1.29 is 28.7 Å². The zero-order valence-electron chi connectivity index (χ0n) is 19.5. The molecule has 2 heterocycles. The summed E-state index contributed by atoms with van der Waals surface area (Å²) in [5.74, 6) is -1.16. The fraction of sp³-hybridized carbons (Fsp3) is 0.542. The lowest BCUT2D eigenvalue weighted by atomic mass is 9.99. The molecule has 10 heteroatoms. The second kappa shape index (κ2) is 11.5. The molecule has 0 aliphatic carbocycles. The zero-order chi connectivity index (χ0) is 24.7.